The van der Waals surface area contributed by atoms with Gasteiger partial charge >= 0.3 is 6.03 Å². The summed E-state index contributed by atoms with van der Waals surface area (Å²) in [5, 5.41) is 15.2. The minimum atomic E-state index is -3.93. The number of nitrogens with zero attached hydrogens (tertiary/aromatic N) is 2. The maximum Gasteiger partial charge on any atom is 0.323 e. The number of rotatable bonds is 9. The number of nitrogens with one attached hydrogen (secondary N) is 2. The molecule has 0 saturated heterocycles. The number of carbonyl (C=O) groups excluding carboxylic acids is 2. The second-order valence-electron chi connectivity index (χ2n) is 10.4. The molecule has 1 aliphatic heterocycles. The van der Waals surface area contributed by atoms with Crippen LogP contribution in [0.25, 0.3) is 0 Å². The molecule has 3 aromatic rings. The number of carbonyl (C=O) groups is 2. The van der Waals surface area contributed by atoms with Crippen molar-refractivity contribution in [2.45, 2.75) is 30.9 Å². The van der Waals surface area contributed by atoms with E-state index in [1.165, 1.54) is 59.8 Å². The summed E-state index contributed by atoms with van der Waals surface area (Å²) >= 11 is 0. The van der Waals surface area contributed by atoms with E-state index >= 15 is 0 Å². The molecule has 0 bridgehead atoms. The van der Waals surface area contributed by atoms with Crippen LogP contribution in [-0.2, 0) is 10.0 Å². The van der Waals surface area contributed by atoms with E-state index < -0.39 is 39.9 Å². The molecule has 0 radical (unpaired) electrons. The van der Waals surface area contributed by atoms with Crippen LogP contribution in [0.3, 0.4) is 0 Å². The van der Waals surface area contributed by atoms with E-state index in [1.54, 1.807) is 37.3 Å². The Labute approximate surface area is 250 Å². The molecule has 3 amide bonds. The number of aliphatic hydroxyl groups is 1. The summed E-state index contributed by atoms with van der Waals surface area (Å²) in [5.74, 6) is -0.683. The highest BCUT2D eigenvalue weighted by atomic mass is 32.2. The number of urea groups is 1. The fourth-order valence-corrected chi connectivity index (χ4v) is 5.84. The Bertz CT molecular complexity index is 1550. The molecule has 3 atom stereocenters. The van der Waals surface area contributed by atoms with Gasteiger partial charge in [0, 0.05) is 25.2 Å². The third-order valence-corrected chi connectivity index (χ3v) is 9.08. The SMILES string of the molecule is COc1ccc(S(=O)(=O)N(C)C[C@@H]2Oc3c(NC(=O)Nc4ccc(F)cc4)cccc3C(=O)N([C@H](C)CO)C[C@H]2C)cc1. The van der Waals surface area contributed by atoms with Crippen LogP contribution in [0.4, 0.5) is 20.6 Å². The number of amides is 3. The molecule has 0 aromatic heterocycles. The van der Waals surface area contributed by atoms with E-state index in [0.29, 0.717) is 11.4 Å². The van der Waals surface area contributed by atoms with Gasteiger partial charge < -0.3 is 30.1 Å². The Hall–Kier alpha value is -4.20. The molecular formula is C30H35FN4O7S. The summed E-state index contributed by atoms with van der Waals surface area (Å²) in [5.41, 5.74) is 0.647. The summed E-state index contributed by atoms with van der Waals surface area (Å²) in [6.45, 7) is 3.35. The number of para-hydroxylation sites is 1. The summed E-state index contributed by atoms with van der Waals surface area (Å²) in [7, 11) is -0.999. The average Bonchev–Trinajstić information content (AvgIpc) is 2.99. The second kappa shape index (κ2) is 13.4. The molecule has 0 unspecified atom stereocenters. The molecule has 1 heterocycles. The number of aliphatic hydroxyl groups excluding tert-OH is 1. The van der Waals surface area contributed by atoms with Crippen molar-refractivity contribution in [3.63, 3.8) is 0 Å². The van der Waals surface area contributed by atoms with Crippen molar-refractivity contribution in [2.24, 2.45) is 5.92 Å². The molecule has 13 heteroatoms. The fourth-order valence-electron chi connectivity index (χ4n) is 4.66. The summed E-state index contributed by atoms with van der Waals surface area (Å²) < 4.78 is 52.9. The van der Waals surface area contributed by atoms with Crippen LogP contribution in [0.2, 0.25) is 0 Å². The zero-order valence-electron chi connectivity index (χ0n) is 24.3. The van der Waals surface area contributed by atoms with Gasteiger partial charge in [-0.1, -0.05) is 13.0 Å². The first kappa shape index (κ1) is 31.7. The average molecular weight is 615 g/mol. The van der Waals surface area contributed by atoms with Crippen LogP contribution in [0.5, 0.6) is 11.5 Å². The number of hydrogen-bond acceptors (Lipinski definition) is 7. The molecule has 11 nitrogen and oxygen atoms in total. The van der Waals surface area contributed by atoms with Crippen molar-refractivity contribution in [3.05, 3.63) is 78.1 Å². The van der Waals surface area contributed by atoms with Gasteiger partial charge in [-0.15, -0.1) is 0 Å². The Morgan fingerprint density at radius 3 is 2.44 bits per heavy atom. The summed E-state index contributed by atoms with van der Waals surface area (Å²) in [4.78, 5) is 28.1. The van der Waals surface area contributed by atoms with E-state index in [0.717, 1.165) is 0 Å². The van der Waals surface area contributed by atoms with E-state index in [2.05, 4.69) is 10.6 Å². The highest BCUT2D eigenvalue weighted by Gasteiger charge is 2.36. The van der Waals surface area contributed by atoms with Crippen molar-refractivity contribution in [3.8, 4) is 11.5 Å². The Morgan fingerprint density at radius 2 is 1.81 bits per heavy atom. The van der Waals surface area contributed by atoms with E-state index in [9.17, 15) is 27.5 Å². The lowest BCUT2D eigenvalue weighted by Crippen LogP contribution is -2.50. The molecule has 43 heavy (non-hydrogen) atoms. The third-order valence-electron chi connectivity index (χ3n) is 7.25. The lowest BCUT2D eigenvalue weighted by Gasteiger charge is -2.38. The van der Waals surface area contributed by atoms with Gasteiger partial charge in [-0.25, -0.2) is 17.6 Å². The van der Waals surface area contributed by atoms with E-state index in [4.69, 9.17) is 9.47 Å². The molecule has 3 aromatic carbocycles. The van der Waals surface area contributed by atoms with Crippen LogP contribution < -0.4 is 20.1 Å². The van der Waals surface area contributed by atoms with Gasteiger partial charge in [0.25, 0.3) is 5.91 Å². The molecule has 4 rings (SSSR count). The number of halogens is 1. The van der Waals surface area contributed by atoms with Gasteiger partial charge in [0.2, 0.25) is 10.0 Å². The highest BCUT2D eigenvalue weighted by molar-refractivity contribution is 7.89. The number of sulfonamides is 1. The third kappa shape index (κ3) is 7.24. The van der Waals surface area contributed by atoms with Gasteiger partial charge in [0.1, 0.15) is 17.7 Å². The molecular weight excluding hydrogens is 579 g/mol. The zero-order chi connectivity index (χ0) is 31.3. The van der Waals surface area contributed by atoms with Crippen LogP contribution in [-0.4, -0.2) is 80.7 Å². The predicted molar refractivity (Wildman–Crippen MR) is 159 cm³/mol. The lowest BCUT2D eigenvalue weighted by atomic mass is 9.99. The zero-order valence-corrected chi connectivity index (χ0v) is 25.1. The van der Waals surface area contributed by atoms with Crippen molar-refractivity contribution >= 4 is 33.3 Å². The smallest absolute Gasteiger partial charge is 0.323 e. The second-order valence-corrected chi connectivity index (χ2v) is 12.4. The van der Waals surface area contributed by atoms with Crippen LogP contribution in [0.15, 0.2) is 71.6 Å². The van der Waals surface area contributed by atoms with Gasteiger partial charge in [-0.3, -0.25) is 4.79 Å². The topological polar surface area (TPSA) is 138 Å². The first-order valence-corrected chi connectivity index (χ1v) is 15.0. The van der Waals surface area contributed by atoms with Crippen molar-refractivity contribution < 1.29 is 37.0 Å². The molecule has 0 spiro atoms. The number of ether oxygens (including phenoxy) is 2. The van der Waals surface area contributed by atoms with Gasteiger partial charge in [-0.2, -0.15) is 4.31 Å². The Morgan fingerprint density at radius 1 is 1.14 bits per heavy atom. The molecule has 0 saturated carbocycles. The highest BCUT2D eigenvalue weighted by Crippen LogP contribution is 2.35. The molecule has 1 aliphatic rings. The van der Waals surface area contributed by atoms with Gasteiger partial charge in [0.05, 0.1) is 42.4 Å². The van der Waals surface area contributed by atoms with E-state index in [1.807, 2.05) is 6.92 Å². The predicted octanol–water partition coefficient (Wildman–Crippen LogP) is 4.02. The standard InChI is InChI=1S/C30H35FN4O7S/c1-19-16-35(20(2)18-36)29(37)25-6-5-7-26(33-30(38)32-22-10-8-21(31)9-11-22)28(25)42-27(19)17-34(3)43(39,40)24-14-12-23(41-4)13-15-24/h5-15,19-20,27,36H,16-18H2,1-4H3,(H2,32,33,38)/t19-,20-,27+/m1/s1. The van der Waals surface area contributed by atoms with Gasteiger partial charge in [-0.05, 0) is 67.6 Å². The molecule has 3 N–H and O–H groups in total. The Balaban J connectivity index is 1.67. The van der Waals surface area contributed by atoms with Crippen LogP contribution in [0.1, 0.15) is 24.2 Å². The number of methoxy groups -OCH3 is 1. The summed E-state index contributed by atoms with van der Waals surface area (Å²) in [6, 6.07) is 14.7. The number of hydrogen-bond donors (Lipinski definition) is 3. The normalized spacial score (nSPS) is 17.7. The fraction of sp³-hybridized carbons (Fsp3) is 0.333. The maximum absolute atomic E-state index is 13.7. The first-order chi connectivity index (χ1) is 20.4. The molecule has 0 aliphatic carbocycles. The van der Waals surface area contributed by atoms with Crippen molar-refractivity contribution in [2.75, 3.05) is 44.5 Å². The largest absolute Gasteiger partial charge is 0.497 e. The minimum absolute atomic E-state index is 0.0590. The van der Waals surface area contributed by atoms with Gasteiger partial charge in [0.15, 0.2) is 5.75 Å². The monoisotopic (exact) mass is 614 g/mol. The number of fused-ring (bicyclic) bond motifs is 1. The van der Waals surface area contributed by atoms with E-state index in [-0.39, 0.29) is 47.5 Å². The van der Waals surface area contributed by atoms with Crippen LogP contribution >= 0.6 is 0 Å². The van der Waals surface area contributed by atoms with Crippen molar-refractivity contribution in [1.29, 1.82) is 0 Å². The Kier molecular flexibility index (Phi) is 9.89. The quantitative estimate of drug-likeness (QED) is 0.331. The van der Waals surface area contributed by atoms with Crippen molar-refractivity contribution in [1.82, 2.24) is 9.21 Å². The first-order valence-electron chi connectivity index (χ1n) is 13.6. The number of benzene rings is 3. The number of anilines is 2. The number of likely N-dealkylation sites (N-methyl/N-ethyl adjacent to an activating group) is 1. The molecule has 230 valence electrons. The molecule has 0 fully saturated rings. The minimum Gasteiger partial charge on any atom is -0.497 e. The van der Waals surface area contributed by atoms with Crippen LogP contribution in [0, 0.1) is 11.7 Å². The maximum atomic E-state index is 13.7. The lowest BCUT2D eigenvalue weighted by molar-refractivity contribution is 0.0389. The summed E-state index contributed by atoms with van der Waals surface area (Å²) in [6.07, 6.45) is -0.763.